The van der Waals surface area contributed by atoms with E-state index in [0.29, 0.717) is 11.5 Å². The lowest BCUT2D eigenvalue weighted by Crippen LogP contribution is -2.47. The second-order valence-electron chi connectivity index (χ2n) is 5.23. The average Bonchev–Trinajstić information content (AvgIpc) is 2.87. The first-order valence-corrected chi connectivity index (χ1v) is 6.33. The van der Waals surface area contributed by atoms with E-state index in [0.717, 1.165) is 0 Å². The van der Waals surface area contributed by atoms with E-state index in [1.165, 1.54) is 24.3 Å². The van der Waals surface area contributed by atoms with Crippen molar-refractivity contribution in [1.29, 1.82) is 0 Å². The van der Waals surface area contributed by atoms with E-state index < -0.39 is 11.5 Å². The Morgan fingerprint density at radius 1 is 1.33 bits per heavy atom. The van der Waals surface area contributed by atoms with Gasteiger partial charge in [0.05, 0.1) is 6.54 Å². The molecule has 0 spiro atoms. The predicted octanol–water partition coefficient (Wildman–Crippen LogP) is 2.17. The summed E-state index contributed by atoms with van der Waals surface area (Å²) >= 11 is 0. The van der Waals surface area contributed by atoms with Gasteiger partial charge in [-0.2, -0.15) is 0 Å². The van der Waals surface area contributed by atoms with Crippen molar-refractivity contribution in [2.75, 3.05) is 7.05 Å². The predicted molar refractivity (Wildman–Crippen MR) is 72.9 cm³/mol. The minimum Gasteiger partial charge on any atom is -0.480 e. The fraction of sp³-hybridized carbons (Fsp3) is 0.357. The van der Waals surface area contributed by atoms with Gasteiger partial charge in [0, 0.05) is 5.56 Å². The molecule has 0 saturated heterocycles. The second-order valence-corrected chi connectivity index (χ2v) is 5.23. The van der Waals surface area contributed by atoms with Crippen LogP contribution in [0.1, 0.15) is 19.7 Å². The number of aromatic nitrogens is 2. The van der Waals surface area contributed by atoms with Crippen molar-refractivity contribution in [3.05, 3.63) is 36.0 Å². The minimum absolute atomic E-state index is 0.202. The number of carboxylic acid groups (broad SMARTS) is 1. The van der Waals surface area contributed by atoms with Gasteiger partial charge in [0.1, 0.15) is 11.4 Å². The van der Waals surface area contributed by atoms with Crippen LogP contribution in [0.25, 0.3) is 11.5 Å². The number of carbonyl (C=O) groups is 1. The molecule has 6 nitrogen and oxygen atoms in total. The van der Waals surface area contributed by atoms with Gasteiger partial charge in [0.2, 0.25) is 11.8 Å². The molecule has 0 amide bonds. The van der Waals surface area contributed by atoms with Gasteiger partial charge in [-0.25, -0.2) is 4.39 Å². The van der Waals surface area contributed by atoms with Gasteiger partial charge in [-0.15, -0.1) is 10.2 Å². The molecule has 2 aromatic rings. The van der Waals surface area contributed by atoms with Crippen LogP contribution in [0.3, 0.4) is 0 Å². The molecule has 21 heavy (non-hydrogen) atoms. The van der Waals surface area contributed by atoms with Crippen LogP contribution in [0.2, 0.25) is 0 Å². The van der Waals surface area contributed by atoms with Crippen LogP contribution in [0.15, 0.2) is 28.7 Å². The largest absolute Gasteiger partial charge is 0.480 e. The summed E-state index contributed by atoms with van der Waals surface area (Å²) in [5, 5.41) is 16.9. The van der Waals surface area contributed by atoms with Crippen molar-refractivity contribution in [2.45, 2.75) is 25.9 Å². The Bertz CT molecular complexity index is 637. The van der Waals surface area contributed by atoms with Gasteiger partial charge >= 0.3 is 5.97 Å². The molecule has 2 rings (SSSR count). The van der Waals surface area contributed by atoms with Crippen molar-refractivity contribution in [3.63, 3.8) is 0 Å². The lowest BCUT2D eigenvalue weighted by molar-refractivity contribution is -0.149. The topological polar surface area (TPSA) is 79.5 Å². The number of likely N-dealkylation sites (N-methyl/N-ethyl adjacent to an activating group) is 1. The zero-order chi connectivity index (χ0) is 15.6. The molecule has 7 heteroatoms. The Morgan fingerprint density at radius 3 is 2.52 bits per heavy atom. The summed E-state index contributed by atoms with van der Waals surface area (Å²) in [5.74, 6) is -0.720. The molecule has 0 aliphatic carbocycles. The quantitative estimate of drug-likeness (QED) is 0.910. The monoisotopic (exact) mass is 293 g/mol. The molecule has 0 unspecified atom stereocenters. The lowest BCUT2D eigenvalue weighted by Gasteiger charge is -2.29. The molecule has 0 radical (unpaired) electrons. The highest BCUT2D eigenvalue weighted by Crippen LogP contribution is 2.20. The van der Waals surface area contributed by atoms with Crippen molar-refractivity contribution < 1.29 is 18.7 Å². The first-order valence-electron chi connectivity index (χ1n) is 6.33. The molecule has 1 aromatic carbocycles. The molecular formula is C14H16FN3O3. The Labute approximate surface area is 121 Å². The number of halogens is 1. The van der Waals surface area contributed by atoms with E-state index in [2.05, 4.69) is 10.2 Å². The van der Waals surface area contributed by atoms with Gasteiger partial charge in [-0.3, -0.25) is 9.69 Å². The van der Waals surface area contributed by atoms with Crippen molar-refractivity contribution >= 4 is 5.97 Å². The smallest absolute Gasteiger partial charge is 0.323 e. The Kier molecular flexibility index (Phi) is 4.04. The highest BCUT2D eigenvalue weighted by Gasteiger charge is 2.32. The second kappa shape index (κ2) is 5.61. The molecule has 0 aliphatic rings. The SMILES string of the molecule is CN(Cc1nnc(-c2ccc(F)cc2)o1)C(C)(C)C(=O)O. The number of carboxylic acids is 1. The van der Waals surface area contributed by atoms with Gasteiger partial charge in [0.15, 0.2) is 0 Å². The van der Waals surface area contributed by atoms with Crippen LogP contribution in [0.4, 0.5) is 4.39 Å². The summed E-state index contributed by atoms with van der Waals surface area (Å²) in [6.07, 6.45) is 0. The van der Waals surface area contributed by atoms with E-state index >= 15 is 0 Å². The Balaban J connectivity index is 2.14. The van der Waals surface area contributed by atoms with Crippen LogP contribution in [-0.4, -0.2) is 38.8 Å². The van der Waals surface area contributed by atoms with Gasteiger partial charge < -0.3 is 9.52 Å². The molecule has 1 heterocycles. The first-order chi connectivity index (χ1) is 9.80. The zero-order valence-electron chi connectivity index (χ0n) is 12.0. The van der Waals surface area contributed by atoms with Crippen molar-refractivity contribution in [1.82, 2.24) is 15.1 Å². The molecule has 0 fully saturated rings. The number of benzene rings is 1. The molecular weight excluding hydrogens is 277 g/mol. The zero-order valence-corrected chi connectivity index (χ0v) is 12.0. The van der Waals surface area contributed by atoms with E-state index in [9.17, 15) is 9.18 Å². The van der Waals surface area contributed by atoms with Crippen molar-refractivity contribution in [3.8, 4) is 11.5 Å². The van der Waals surface area contributed by atoms with Crippen molar-refractivity contribution in [2.24, 2.45) is 0 Å². The van der Waals surface area contributed by atoms with Crippen LogP contribution in [-0.2, 0) is 11.3 Å². The fourth-order valence-corrected chi connectivity index (χ4v) is 1.59. The van der Waals surface area contributed by atoms with E-state index in [1.807, 2.05) is 0 Å². The summed E-state index contributed by atoms with van der Waals surface area (Å²) in [6.45, 7) is 3.38. The Morgan fingerprint density at radius 2 is 1.95 bits per heavy atom. The summed E-state index contributed by atoms with van der Waals surface area (Å²) in [5.41, 5.74) is -0.444. The van der Waals surface area contributed by atoms with Crippen LogP contribution < -0.4 is 0 Å². The molecule has 0 bridgehead atoms. The third-order valence-corrected chi connectivity index (χ3v) is 3.41. The summed E-state index contributed by atoms with van der Waals surface area (Å²) in [7, 11) is 1.66. The van der Waals surface area contributed by atoms with Gasteiger partial charge in [-0.1, -0.05) is 0 Å². The maximum absolute atomic E-state index is 12.9. The fourth-order valence-electron chi connectivity index (χ4n) is 1.59. The minimum atomic E-state index is -1.05. The number of aliphatic carboxylic acids is 1. The maximum atomic E-state index is 12.9. The highest BCUT2D eigenvalue weighted by atomic mass is 19.1. The first kappa shape index (κ1) is 15.1. The lowest BCUT2D eigenvalue weighted by atomic mass is 10.0. The number of hydrogen-bond donors (Lipinski definition) is 1. The van der Waals surface area contributed by atoms with Gasteiger partial charge in [0.25, 0.3) is 0 Å². The molecule has 0 saturated carbocycles. The van der Waals surface area contributed by atoms with E-state index in [1.54, 1.807) is 25.8 Å². The van der Waals surface area contributed by atoms with Crippen LogP contribution in [0, 0.1) is 5.82 Å². The summed E-state index contributed by atoms with van der Waals surface area (Å²) in [6, 6.07) is 5.69. The molecule has 0 aliphatic heterocycles. The summed E-state index contributed by atoms with van der Waals surface area (Å²) < 4.78 is 18.3. The molecule has 1 N–H and O–H groups in total. The average molecular weight is 293 g/mol. The van der Waals surface area contributed by atoms with Gasteiger partial charge in [-0.05, 0) is 45.2 Å². The third kappa shape index (κ3) is 3.25. The summed E-state index contributed by atoms with van der Waals surface area (Å²) in [4.78, 5) is 12.8. The standard InChI is InChI=1S/C14H16FN3O3/c1-14(2,13(19)20)18(3)8-11-16-17-12(21-11)9-4-6-10(15)7-5-9/h4-7H,8H2,1-3H3,(H,19,20). The third-order valence-electron chi connectivity index (χ3n) is 3.41. The van der Waals surface area contributed by atoms with E-state index in [4.69, 9.17) is 9.52 Å². The number of rotatable bonds is 5. The molecule has 1 aromatic heterocycles. The highest BCUT2D eigenvalue weighted by molar-refractivity contribution is 5.77. The van der Waals surface area contributed by atoms with Crippen LogP contribution in [0.5, 0.6) is 0 Å². The normalized spacial score (nSPS) is 11.9. The van der Waals surface area contributed by atoms with E-state index in [-0.39, 0.29) is 18.3 Å². The number of nitrogens with zero attached hydrogens (tertiary/aromatic N) is 3. The van der Waals surface area contributed by atoms with Crippen LogP contribution >= 0.6 is 0 Å². The molecule has 0 atom stereocenters. The Hall–Kier alpha value is -2.28. The maximum Gasteiger partial charge on any atom is 0.323 e. The number of hydrogen-bond acceptors (Lipinski definition) is 5. The molecule has 112 valence electrons.